The molecule has 0 aliphatic heterocycles. The number of hydrogen-bond donors (Lipinski definition) is 1. The summed E-state index contributed by atoms with van der Waals surface area (Å²) in [4.78, 5) is 16.2. The fourth-order valence-electron chi connectivity index (χ4n) is 3.44. The normalized spacial score (nSPS) is 15.4. The summed E-state index contributed by atoms with van der Waals surface area (Å²) in [5, 5.41) is 14.4. The summed E-state index contributed by atoms with van der Waals surface area (Å²) in [5.41, 5.74) is -7.27. The first kappa shape index (κ1) is 26.4. The zero-order valence-corrected chi connectivity index (χ0v) is 19.0. The van der Waals surface area contributed by atoms with Gasteiger partial charge < -0.3 is 9.73 Å². The minimum atomic E-state index is -6.36. The van der Waals surface area contributed by atoms with Crippen molar-refractivity contribution in [3.8, 4) is 29.0 Å². The van der Waals surface area contributed by atoms with Crippen LogP contribution in [0, 0.1) is 11.3 Å². The van der Waals surface area contributed by atoms with Crippen LogP contribution in [0.3, 0.4) is 0 Å². The Morgan fingerprint density at radius 2 is 1.84 bits per heavy atom. The highest BCUT2D eigenvalue weighted by Gasteiger charge is 2.64. The molecule has 4 rings (SSSR count). The van der Waals surface area contributed by atoms with Crippen LogP contribution in [0.5, 0.6) is 0 Å². The van der Waals surface area contributed by atoms with E-state index < -0.39 is 52.6 Å². The van der Waals surface area contributed by atoms with Gasteiger partial charge in [-0.05, 0) is 31.0 Å². The number of carbonyl (C=O) groups excluding carboxylic acids is 1. The van der Waals surface area contributed by atoms with Crippen molar-refractivity contribution in [1.29, 1.82) is 5.26 Å². The summed E-state index contributed by atoms with van der Waals surface area (Å²) in [6.45, 7) is 0. The highest BCUT2D eigenvalue weighted by atomic mass is 35.5. The lowest BCUT2D eigenvalue weighted by molar-refractivity contribution is -0.292. The van der Waals surface area contributed by atoms with Gasteiger partial charge in [0, 0.05) is 12.6 Å². The quantitative estimate of drug-likeness (QED) is 0.400. The highest BCUT2D eigenvalue weighted by molar-refractivity contribution is 6.34. The molecule has 7 nitrogen and oxygen atoms in total. The average Bonchev–Trinajstić information content (AvgIpc) is 3.21. The van der Waals surface area contributed by atoms with E-state index in [2.05, 4.69) is 15.4 Å². The number of rotatable bonds is 5. The summed E-state index contributed by atoms with van der Waals surface area (Å²) in [7, 11) is 0.720. The van der Waals surface area contributed by atoms with Gasteiger partial charge in [0.15, 0.2) is 11.5 Å². The minimum absolute atomic E-state index is 0.0280. The number of nitriles is 1. The number of nitrogens with zero attached hydrogens (tertiary/aromatic N) is 4. The van der Waals surface area contributed by atoms with E-state index in [4.69, 9.17) is 21.3 Å². The predicted octanol–water partition coefficient (Wildman–Crippen LogP) is 5.85. The summed E-state index contributed by atoms with van der Waals surface area (Å²) >= 11 is 6.06. The lowest BCUT2D eigenvalue weighted by Gasteiger charge is -2.19. The molecule has 2 aromatic heterocycles. The number of alkyl halides is 8. The molecule has 0 atom stereocenters. The van der Waals surface area contributed by atoms with Crippen molar-refractivity contribution in [2.75, 3.05) is 0 Å². The molecule has 1 aliphatic rings. The number of hydrogen-bond acceptors (Lipinski definition) is 5. The van der Waals surface area contributed by atoms with Gasteiger partial charge in [-0.3, -0.25) is 9.48 Å². The Hall–Kier alpha value is -3.67. The Balaban J connectivity index is 1.77. The van der Waals surface area contributed by atoms with Crippen molar-refractivity contribution in [3.05, 3.63) is 46.2 Å². The molecule has 0 saturated heterocycles. The average molecular weight is 554 g/mol. The molecular formula is C21H12ClF8N5O2. The van der Waals surface area contributed by atoms with Crippen LogP contribution >= 0.6 is 11.6 Å². The number of aryl methyl sites for hydroxylation is 1. The van der Waals surface area contributed by atoms with Gasteiger partial charge in [-0.15, -0.1) is 0 Å². The molecule has 1 amide bonds. The van der Waals surface area contributed by atoms with E-state index >= 15 is 0 Å². The summed E-state index contributed by atoms with van der Waals surface area (Å²) in [6, 6.07) is 5.70. The first-order chi connectivity index (χ1) is 17.0. The number of oxazole rings is 1. The van der Waals surface area contributed by atoms with Crippen LogP contribution in [0.25, 0.3) is 22.9 Å². The third kappa shape index (κ3) is 4.61. The van der Waals surface area contributed by atoms with Crippen molar-refractivity contribution < 1.29 is 44.3 Å². The van der Waals surface area contributed by atoms with E-state index in [1.54, 1.807) is 0 Å². The second-order valence-corrected chi connectivity index (χ2v) is 8.55. The number of benzene rings is 1. The monoisotopic (exact) mass is 553 g/mol. The maximum atomic E-state index is 13.9. The molecule has 0 spiro atoms. The van der Waals surface area contributed by atoms with Crippen molar-refractivity contribution in [3.63, 3.8) is 0 Å². The van der Waals surface area contributed by atoms with Gasteiger partial charge in [0.1, 0.15) is 16.8 Å². The highest BCUT2D eigenvalue weighted by Crippen LogP contribution is 2.50. The Labute approximate surface area is 206 Å². The molecular weight excluding hydrogens is 542 g/mol. The van der Waals surface area contributed by atoms with E-state index in [0.29, 0.717) is 12.8 Å². The van der Waals surface area contributed by atoms with E-state index in [1.807, 2.05) is 6.07 Å². The molecule has 16 heteroatoms. The van der Waals surface area contributed by atoms with Crippen molar-refractivity contribution in [1.82, 2.24) is 20.1 Å². The van der Waals surface area contributed by atoms with Crippen molar-refractivity contribution in [2.45, 2.75) is 36.7 Å². The van der Waals surface area contributed by atoms with Crippen LogP contribution in [0.15, 0.2) is 28.8 Å². The van der Waals surface area contributed by atoms with Crippen LogP contribution in [0.2, 0.25) is 5.02 Å². The van der Waals surface area contributed by atoms with E-state index in [9.17, 15) is 39.9 Å². The fraction of sp³-hybridized carbons (Fsp3) is 0.333. The van der Waals surface area contributed by atoms with Crippen LogP contribution in [-0.2, 0) is 19.1 Å². The Kier molecular flexibility index (Phi) is 6.02. The molecule has 1 saturated carbocycles. The number of carbonyl (C=O) groups is 1. The maximum absolute atomic E-state index is 13.9. The number of nitrogens with one attached hydrogen (secondary N) is 1. The smallest absolute Gasteiger partial charge is 0.435 e. The van der Waals surface area contributed by atoms with E-state index in [1.165, 1.54) is 18.2 Å². The molecule has 0 bridgehead atoms. The van der Waals surface area contributed by atoms with Gasteiger partial charge in [0.05, 0.1) is 22.9 Å². The molecule has 1 aromatic carbocycles. The van der Waals surface area contributed by atoms with Gasteiger partial charge in [-0.25, -0.2) is 4.98 Å². The lowest BCUT2D eigenvalue weighted by Crippen LogP contribution is -2.36. The first-order valence-corrected chi connectivity index (χ1v) is 10.5. The molecule has 1 fully saturated rings. The Bertz CT molecular complexity index is 1430. The zero-order valence-electron chi connectivity index (χ0n) is 18.2. The summed E-state index contributed by atoms with van der Waals surface area (Å²) in [6.07, 6.45) is -10.3. The van der Waals surface area contributed by atoms with Crippen LogP contribution in [-0.4, -0.2) is 32.4 Å². The van der Waals surface area contributed by atoms with Gasteiger partial charge >= 0.3 is 18.3 Å². The molecule has 37 heavy (non-hydrogen) atoms. The van der Waals surface area contributed by atoms with Crippen LogP contribution in [0.1, 0.15) is 34.5 Å². The minimum Gasteiger partial charge on any atom is -0.435 e. The second kappa shape index (κ2) is 8.44. The molecule has 196 valence electrons. The second-order valence-electron chi connectivity index (χ2n) is 8.14. The summed E-state index contributed by atoms with van der Waals surface area (Å²) < 4.78 is 113. The number of halogens is 9. The third-order valence-electron chi connectivity index (χ3n) is 5.50. The van der Waals surface area contributed by atoms with E-state index in [0.717, 1.165) is 13.2 Å². The van der Waals surface area contributed by atoms with Gasteiger partial charge in [0.25, 0.3) is 5.91 Å². The third-order valence-corrected chi connectivity index (χ3v) is 5.83. The van der Waals surface area contributed by atoms with Gasteiger partial charge in [-0.1, -0.05) is 11.6 Å². The molecule has 3 aromatic rings. The molecule has 0 unspecified atom stereocenters. The topological polar surface area (TPSA) is 96.7 Å². The summed E-state index contributed by atoms with van der Waals surface area (Å²) in [5.74, 6) is -7.86. The largest absolute Gasteiger partial charge is 0.459 e. The van der Waals surface area contributed by atoms with Crippen molar-refractivity contribution in [2.24, 2.45) is 7.05 Å². The maximum Gasteiger partial charge on any atom is 0.459 e. The Morgan fingerprint density at radius 3 is 2.38 bits per heavy atom. The molecule has 0 radical (unpaired) electrons. The number of aromatic nitrogens is 3. The van der Waals surface area contributed by atoms with Gasteiger partial charge in [0.2, 0.25) is 5.89 Å². The predicted molar refractivity (Wildman–Crippen MR) is 109 cm³/mol. The van der Waals surface area contributed by atoms with E-state index in [-0.39, 0.29) is 26.6 Å². The first-order valence-electron chi connectivity index (χ1n) is 10.1. The van der Waals surface area contributed by atoms with Crippen LogP contribution < -0.4 is 5.32 Å². The Morgan fingerprint density at radius 1 is 1.19 bits per heavy atom. The van der Waals surface area contributed by atoms with Gasteiger partial charge in [-0.2, -0.15) is 45.5 Å². The molecule has 1 aliphatic carbocycles. The zero-order chi connectivity index (χ0) is 27.6. The van der Waals surface area contributed by atoms with Crippen LogP contribution in [0.4, 0.5) is 35.1 Å². The SMILES string of the molecule is Cn1nc(C(F)(F)C(F)(F)F)c(C(F)(F)F)c1-c1ncc(-c2ccc(Cl)c(C(=O)NC3(C#N)CC3)c2)o1. The lowest BCUT2D eigenvalue weighted by atomic mass is 10.1. The standard InChI is InChI=1S/C21H12ClF8N5O2/c1-35-14(13(20(25,26)27)15(34-35)19(23,24)21(28,29)30)17-32-7-12(37-17)9-2-3-11(22)10(6-9)16(36)33-18(8-31)4-5-18/h2-3,6-7H,4-5H2,1H3,(H,33,36). The number of amides is 1. The molecule has 1 N–H and O–H groups in total. The fourth-order valence-corrected chi connectivity index (χ4v) is 3.64. The van der Waals surface area contributed by atoms with Crippen molar-refractivity contribution >= 4 is 17.5 Å². The molecule has 2 heterocycles.